The maximum Gasteiger partial charge on any atom is 0.341 e. The van der Waals surface area contributed by atoms with Crippen LogP contribution in [-0.2, 0) is 0 Å². The molecule has 1 saturated heterocycles. The summed E-state index contributed by atoms with van der Waals surface area (Å²) in [4.78, 5) is 26.0. The Labute approximate surface area is 173 Å². The van der Waals surface area contributed by atoms with Crippen molar-refractivity contribution in [2.24, 2.45) is 5.92 Å². The van der Waals surface area contributed by atoms with Crippen LogP contribution >= 0.6 is 0 Å². The van der Waals surface area contributed by atoms with Crippen molar-refractivity contribution >= 4 is 22.6 Å². The number of hydrogen-bond acceptors (Lipinski definition) is 4. The van der Waals surface area contributed by atoms with E-state index >= 15 is 8.78 Å². The van der Waals surface area contributed by atoms with Gasteiger partial charge >= 0.3 is 5.97 Å². The Morgan fingerprint density at radius 1 is 1.27 bits per heavy atom. The minimum Gasteiger partial charge on any atom is -0.477 e. The van der Waals surface area contributed by atoms with Crippen LogP contribution in [0.15, 0.2) is 17.1 Å². The highest BCUT2D eigenvalue weighted by Gasteiger charge is 2.31. The van der Waals surface area contributed by atoms with E-state index in [1.807, 2.05) is 6.92 Å². The Morgan fingerprint density at radius 2 is 2.00 bits per heavy atom. The first-order valence-electron chi connectivity index (χ1n) is 10.7. The maximum atomic E-state index is 15.8. The lowest BCUT2D eigenvalue weighted by molar-refractivity contribution is 0.0694. The number of pyridine rings is 1. The summed E-state index contributed by atoms with van der Waals surface area (Å²) >= 11 is 0. The van der Waals surface area contributed by atoms with Gasteiger partial charge in [0.25, 0.3) is 0 Å². The van der Waals surface area contributed by atoms with Gasteiger partial charge in [-0.25, -0.2) is 13.6 Å². The zero-order valence-electron chi connectivity index (χ0n) is 17.1. The average molecular weight is 419 g/mol. The molecule has 0 spiro atoms. The predicted octanol–water partition coefficient (Wildman–Crippen LogP) is 3.53. The molecular formula is C22H27F2N3O3. The van der Waals surface area contributed by atoms with Crippen LogP contribution in [0.2, 0.25) is 0 Å². The van der Waals surface area contributed by atoms with Gasteiger partial charge in [-0.15, -0.1) is 0 Å². The Balaban J connectivity index is 1.86. The molecule has 2 aliphatic rings. The minimum atomic E-state index is -1.38. The van der Waals surface area contributed by atoms with Gasteiger partial charge in [0.15, 0.2) is 5.82 Å². The topological polar surface area (TPSA) is 74.6 Å². The fraction of sp³-hybridized carbons (Fsp3) is 0.545. The lowest BCUT2D eigenvalue weighted by Gasteiger charge is -2.24. The third kappa shape index (κ3) is 3.57. The van der Waals surface area contributed by atoms with Crippen molar-refractivity contribution in [3.63, 3.8) is 0 Å². The second-order valence-electron chi connectivity index (χ2n) is 8.35. The number of carboxylic acid groups (broad SMARTS) is 1. The van der Waals surface area contributed by atoms with Crippen molar-refractivity contribution in [2.75, 3.05) is 31.1 Å². The van der Waals surface area contributed by atoms with Crippen molar-refractivity contribution in [1.29, 1.82) is 0 Å². The van der Waals surface area contributed by atoms with Gasteiger partial charge in [0.05, 0.1) is 10.9 Å². The molecule has 1 atom stereocenters. The number of benzene rings is 1. The normalized spacial score (nSPS) is 19.8. The third-order valence-corrected chi connectivity index (χ3v) is 6.42. The lowest BCUT2D eigenvalue weighted by Crippen LogP contribution is -2.28. The first kappa shape index (κ1) is 20.8. The molecule has 1 aromatic heterocycles. The van der Waals surface area contributed by atoms with E-state index in [1.54, 1.807) is 9.47 Å². The maximum absolute atomic E-state index is 15.8. The van der Waals surface area contributed by atoms with E-state index in [2.05, 4.69) is 5.32 Å². The van der Waals surface area contributed by atoms with Crippen LogP contribution in [0.4, 0.5) is 14.5 Å². The molecule has 162 valence electrons. The molecule has 1 aromatic carbocycles. The van der Waals surface area contributed by atoms with E-state index in [0.717, 1.165) is 51.3 Å². The van der Waals surface area contributed by atoms with Crippen LogP contribution < -0.4 is 15.6 Å². The summed E-state index contributed by atoms with van der Waals surface area (Å²) in [6.07, 6.45) is 5.53. The largest absolute Gasteiger partial charge is 0.477 e. The summed E-state index contributed by atoms with van der Waals surface area (Å²) in [6, 6.07) is 0.921. The van der Waals surface area contributed by atoms with Gasteiger partial charge in [-0.2, -0.15) is 0 Å². The molecule has 1 aliphatic heterocycles. The number of nitrogens with one attached hydrogen (secondary N) is 1. The van der Waals surface area contributed by atoms with Crippen molar-refractivity contribution in [3.05, 3.63) is 39.7 Å². The molecule has 0 amide bonds. The summed E-state index contributed by atoms with van der Waals surface area (Å²) < 4.78 is 32.4. The molecule has 2 N–H and O–H groups in total. The lowest BCUT2D eigenvalue weighted by atomic mass is 10.1. The van der Waals surface area contributed by atoms with Gasteiger partial charge in [0, 0.05) is 25.3 Å². The minimum absolute atomic E-state index is 0.0171. The number of rotatable bonds is 6. The van der Waals surface area contributed by atoms with E-state index in [0.29, 0.717) is 19.0 Å². The first-order valence-corrected chi connectivity index (χ1v) is 10.7. The van der Waals surface area contributed by atoms with E-state index < -0.39 is 28.6 Å². The van der Waals surface area contributed by atoms with Gasteiger partial charge in [0.1, 0.15) is 17.1 Å². The average Bonchev–Trinajstić information content (AvgIpc) is 3.39. The number of nitrogens with zero attached hydrogens (tertiary/aromatic N) is 2. The SMILES string of the molecule is CCNCC1CCN(c2c(F)cc3c(=O)c(C(=O)O)cn(C4CCCC4)c3c2F)C1. The summed E-state index contributed by atoms with van der Waals surface area (Å²) in [5.41, 5.74) is -1.39. The number of aromatic nitrogens is 1. The second kappa shape index (κ2) is 8.34. The van der Waals surface area contributed by atoms with Crippen molar-refractivity contribution in [3.8, 4) is 0 Å². The van der Waals surface area contributed by atoms with Crippen molar-refractivity contribution in [1.82, 2.24) is 9.88 Å². The van der Waals surface area contributed by atoms with Crippen LogP contribution in [0.1, 0.15) is 55.4 Å². The smallest absolute Gasteiger partial charge is 0.341 e. The van der Waals surface area contributed by atoms with Gasteiger partial charge in [-0.05, 0) is 44.3 Å². The summed E-state index contributed by atoms with van der Waals surface area (Å²) in [6.45, 7) is 4.72. The Morgan fingerprint density at radius 3 is 2.67 bits per heavy atom. The molecule has 30 heavy (non-hydrogen) atoms. The molecule has 6 nitrogen and oxygen atoms in total. The Bertz CT molecular complexity index is 1030. The van der Waals surface area contributed by atoms with Crippen molar-refractivity contribution in [2.45, 2.75) is 45.1 Å². The van der Waals surface area contributed by atoms with Gasteiger partial charge in [-0.1, -0.05) is 19.8 Å². The first-order chi connectivity index (χ1) is 14.4. The summed E-state index contributed by atoms with van der Waals surface area (Å²) in [5, 5.41) is 12.5. The highest BCUT2D eigenvalue weighted by Crippen LogP contribution is 2.37. The number of aromatic carboxylic acids is 1. The number of anilines is 1. The van der Waals surface area contributed by atoms with E-state index in [-0.39, 0.29) is 22.6 Å². The Kier molecular flexibility index (Phi) is 5.77. The number of fused-ring (bicyclic) bond motifs is 1. The van der Waals surface area contributed by atoms with Crippen LogP contribution in [-0.4, -0.2) is 41.8 Å². The third-order valence-electron chi connectivity index (χ3n) is 6.42. The molecule has 0 bridgehead atoms. The number of halogens is 2. The van der Waals surface area contributed by atoms with E-state index in [4.69, 9.17) is 0 Å². The predicted molar refractivity (Wildman–Crippen MR) is 111 cm³/mol. The molecule has 1 unspecified atom stereocenters. The fourth-order valence-electron chi connectivity index (χ4n) is 4.89. The molecule has 2 heterocycles. The van der Waals surface area contributed by atoms with E-state index in [9.17, 15) is 14.7 Å². The fourth-order valence-corrected chi connectivity index (χ4v) is 4.89. The van der Waals surface area contributed by atoms with E-state index in [1.165, 1.54) is 6.20 Å². The molecule has 0 radical (unpaired) electrons. The summed E-state index contributed by atoms with van der Waals surface area (Å²) in [5.74, 6) is -2.67. The molecule has 1 aliphatic carbocycles. The molecule has 2 fully saturated rings. The van der Waals surface area contributed by atoms with Crippen LogP contribution in [0.3, 0.4) is 0 Å². The zero-order valence-corrected chi connectivity index (χ0v) is 17.1. The van der Waals surface area contributed by atoms with Crippen LogP contribution in [0.25, 0.3) is 10.9 Å². The van der Waals surface area contributed by atoms with Gasteiger partial charge in [0.2, 0.25) is 5.43 Å². The molecule has 8 heteroatoms. The van der Waals surface area contributed by atoms with Crippen LogP contribution in [0, 0.1) is 17.6 Å². The number of carboxylic acids is 1. The van der Waals surface area contributed by atoms with Gasteiger partial charge < -0.3 is 19.9 Å². The monoisotopic (exact) mass is 419 g/mol. The number of carbonyl (C=O) groups is 1. The number of hydrogen-bond donors (Lipinski definition) is 2. The Hall–Kier alpha value is -2.48. The quantitative estimate of drug-likeness (QED) is 0.749. The highest BCUT2D eigenvalue weighted by molar-refractivity contribution is 5.94. The van der Waals surface area contributed by atoms with Crippen LogP contribution in [0.5, 0.6) is 0 Å². The van der Waals surface area contributed by atoms with Gasteiger partial charge in [-0.3, -0.25) is 4.79 Å². The summed E-state index contributed by atoms with van der Waals surface area (Å²) in [7, 11) is 0. The molecule has 4 rings (SSSR count). The second-order valence-corrected chi connectivity index (χ2v) is 8.35. The molecular weight excluding hydrogens is 392 g/mol. The van der Waals surface area contributed by atoms with Crippen molar-refractivity contribution < 1.29 is 18.7 Å². The zero-order chi connectivity index (χ0) is 21.4. The molecule has 2 aromatic rings. The standard InChI is InChI=1S/C22H27F2N3O3/c1-2-25-10-13-7-8-26(11-13)20-17(23)9-15-19(18(20)24)27(14-5-3-4-6-14)12-16(21(15)28)22(29)30/h9,12-14,25H,2-8,10-11H2,1H3,(H,29,30). The highest BCUT2D eigenvalue weighted by atomic mass is 19.1. The molecule has 1 saturated carbocycles.